The van der Waals surface area contributed by atoms with Crippen molar-refractivity contribution in [3.05, 3.63) is 16.1 Å². The fourth-order valence-corrected chi connectivity index (χ4v) is 2.43. The Balaban J connectivity index is 2.70. The van der Waals surface area contributed by atoms with Crippen LogP contribution >= 0.6 is 11.3 Å². The van der Waals surface area contributed by atoms with E-state index in [9.17, 15) is 13.2 Å². The lowest BCUT2D eigenvalue weighted by Crippen LogP contribution is -2.29. The van der Waals surface area contributed by atoms with Crippen LogP contribution in [0.4, 0.5) is 13.2 Å². The molecule has 0 aromatic carbocycles. The summed E-state index contributed by atoms with van der Waals surface area (Å²) in [5.74, 6) is 0. The average Bonchev–Trinajstić information content (AvgIpc) is 2.64. The van der Waals surface area contributed by atoms with Gasteiger partial charge in [0.05, 0.1) is 0 Å². The molecule has 0 saturated carbocycles. The first-order valence-electron chi connectivity index (χ1n) is 5.90. The predicted molar refractivity (Wildman–Crippen MR) is 67.9 cm³/mol. The van der Waals surface area contributed by atoms with E-state index in [-0.39, 0.29) is 5.41 Å². The summed E-state index contributed by atoms with van der Waals surface area (Å²) in [5.41, 5.74) is -0.289. The van der Waals surface area contributed by atoms with Gasteiger partial charge < -0.3 is 5.32 Å². The Labute approximate surface area is 110 Å². The number of halogens is 3. The second-order valence-corrected chi connectivity index (χ2v) is 6.30. The van der Waals surface area contributed by atoms with Crippen molar-refractivity contribution in [3.63, 3.8) is 0 Å². The number of rotatable bonds is 5. The lowest BCUT2D eigenvalue weighted by molar-refractivity contribution is -0.137. The quantitative estimate of drug-likeness (QED) is 0.886. The molecule has 0 spiro atoms. The minimum absolute atomic E-state index is 0.289. The molecule has 1 aromatic heterocycles. The monoisotopic (exact) mass is 280 g/mol. The Hall–Kier alpha value is -0.620. The molecule has 0 amide bonds. The van der Waals surface area contributed by atoms with E-state index >= 15 is 0 Å². The third-order valence-electron chi connectivity index (χ3n) is 2.72. The van der Waals surface area contributed by atoms with Crippen LogP contribution in [-0.2, 0) is 11.6 Å². The fourth-order valence-electron chi connectivity index (χ4n) is 1.51. The predicted octanol–water partition coefficient (Wildman–Crippen LogP) is 3.83. The van der Waals surface area contributed by atoms with Gasteiger partial charge in [-0.25, -0.2) is 4.98 Å². The molecule has 0 fully saturated rings. The van der Waals surface area contributed by atoms with Crippen molar-refractivity contribution in [1.29, 1.82) is 0 Å². The molecule has 104 valence electrons. The second-order valence-electron chi connectivity index (χ2n) is 5.27. The molecule has 1 N–H and O–H groups in total. The number of alkyl halides is 3. The number of hydrogen-bond acceptors (Lipinski definition) is 3. The fraction of sp³-hybridized carbons (Fsp3) is 0.750. The van der Waals surface area contributed by atoms with Gasteiger partial charge in [-0.15, -0.1) is 11.3 Å². The Bertz CT molecular complexity index is 383. The topological polar surface area (TPSA) is 24.9 Å². The Morgan fingerprint density at radius 1 is 1.33 bits per heavy atom. The van der Waals surface area contributed by atoms with Crippen LogP contribution in [0.1, 0.15) is 44.0 Å². The highest BCUT2D eigenvalue weighted by Crippen LogP contribution is 2.37. The highest BCUT2D eigenvalue weighted by atomic mass is 32.1. The summed E-state index contributed by atoms with van der Waals surface area (Å²) in [6.07, 6.45) is -2.21. The van der Waals surface area contributed by atoms with Crippen LogP contribution < -0.4 is 5.32 Å². The number of nitrogens with one attached hydrogen (secondary N) is 1. The number of aromatic nitrogens is 1. The minimum atomic E-state index is -4.34. The van der Waals surface area contributed by atoms with E-state index in [0.29, 0.717) is 10.9 Å². The molecule has 0 aliphatic carbocycles. The van der Waals surface area contributed by atoms with E-state index in [1.54, 1.807) is 0 Å². The number of thiazole rings is 1. The molecule has 0 saturated heterocycles. The summed E-state index contributed by atoms with van der Waals surface area (Å²) in [6, 6.07) is 0.382. The van der Waals surface area contributed by atoms with E-state index < -0.39 is 11.2 Å². The largest absolute Gasteiger partial charge is 0.443 e. The van der Waals surface area contributed by atoms with Crippen molar-refractivity contribution < 1.29 is 13.2 Å². The molecule has 0 aliphatic heterocycles. The first-order chi connectivity index (χ1) is 8.13. The average molecular weight is 280 g/mol. The smallest absolute Gasteiger partial charge is 0.315 e. The first kappa shape index (κ1) is 15.4. The molecule has 1 aromatic rings. The summed E-state index contributed by atoms with van der Waals surface area (Å²) in [7, 11) is 0. The zero-order valence-corrected chi connectivity index (χ0v) is 11.9. The normalized spacial score (nSPS) is 13.3. The van der Waals surface area contributed by atoms with Gasteiger partial charge in [-0.2, -0.15) is 13.2 Å². The van der Waals surface area contributed by atoms with Crippen molar-refractivity contribution >= 4 is 11.3 Å². The summed E-state index contributed by atoms with van der Waals surface area (Å²) in [5, 5.41) is 2.51. The van der Waals surface area contributed by atoms with Gasteiger partial charge >= 0.3 is 6.18 Å². The molecule has 0 atom stereocenters. The minimum Gasteiger partial charge on any atom is -0.315 e. The maximum Gasteiger partial charge on any atom is 0.443 e. The van der Waals surface area contributed by atoms with Crippen molar-refractivity contribution in [3.8, 4) is 0 Å². The summed E-state index contributed by atoms with van der Waals surface area (Å²) >= 11 is 0.742. The number of hydrogen-bond donors (Lipinski definition) is 1. The molecule has 6 heteroatoms. The third kappa shape index (κ3) is 4.24. The van der Waals surface area contributed by atoms with Gasteiger partial charge in [0.25, 0.3) is 0 Å². The van der Waals surface area contributed by atoms with Crippen LogP contribution in [0.25, 0.3) is 0 Å². The first-order valence-corrected chi connectivity index (χ1v) is 6.71. The van der Waals surface area contributed by atoms with E-state index in [2.05, 4.69) is 10.3 Å². The molecule has 18 heavy (non-hydrogen) atoms. The second kappa shape index (κ2) is 5.57. The van der Waals surface area contributed by atoms with Crippen molar-refractivity contribution in [1.82, 2.24) is 10.3 Å². The van der Waals surface area contributed by atoms with Gasteiger partial charge in [0.1, 0.15) is 0 Å². The highest BCUT2D eigenvalue weighted by Gasteiger charge is 2.36. The molecule has 0 unspecified atom stereocenters. The maximum absolute atomic E-state index is 12.5. The summed E-state index contributed by atoms with van der Waals surface area (Å²) < 4.78 is 37.4. The highest BCUT2D eigenvalue weighted by molar-refractivity contribution is 7.11. The lowest BCUT2D eigenvalue weighted by atomic mass is 9.88. The van der Waals surface area contributed by atoms with Gasteiger partial charge in [-0.05, 0) is 13.0 Å². The van der Waals surface area contributed by atoms with E-state index in [1.165, 1.54) is 6.20 Å². The van der Waals surface area contributed by atoms with Crippen LogP contribution in [0.15, 0.2) is 6.20 Å². The van der Waals surface area contributed by atoms with Crippen molar-refractivity contribution in [2.75, 3.05) is 6.54 Å². The van der Waals surface area contributed by atoms with Gasteiger partial charge in [-0.1, -0.05) is 27.7 Å². The molecule has 1 heterocycles. The Morgan fingerprint density at radius 2 is 1.94 bits per heavy atom. The molecule has 0 bridgehead atoms. The van der Waals surface area contributed by atoms with E-state index in [1.807, 2.05) is 27.7 Å². The molecule has 0 aliphatic rings. The van der Waals surface area contributed by atoms with Gasteiger partial charge in [0.15, 0.2) is 5.01 Å². The summed E-state index contributed by atoms with van der Waals surface area (Å²) in [4.78, 5) is 4.15. The van der Waals surface area contributed by atoms with Crippen LogP contribution in [0.5, 0.6) is 0 Å². The van der Waals surface area contributed by atoms with Crippen molar-refractivity contribution in [2.45, 2.75) is 51.7 Å². The van der Waals surface area contributed by atoms with Crippen molar-refractivity contribution in [2.24, 2.45) is 0 Å². The van der Waals surface area contributed by atoms with E-state index in [4.69, 9.17) is 0 Å². The number of nitrogens with zero attached hydrogens (tertiary/aromatic N) is 1. The zero-order chi connectivity index (χ0) is 14.0. The maximum atomic E-state index is 12.5. The molecule has 0 radical (unpaired) electrons. The van der Waals surface area contributed by atoms with E-state index in [0.717, 1.165) is 24.3 Å². The van der Waals surface area contributed by atoms with Gasteiger partial charge in [0.2, 0.25) is 0 Å². The molecule has 2 nitrogen and oxygen atoms in total. The van der Waals surface area contributed by atoms with Crippen LogP contribution in [-0.4, -0.2) is 17.6 Å². The molecule has 1 rings (SSSR count). The van der Waals surface area contributed by atoms with Crippen LogP contribution in [0, 0.1) is 0 Å². The van der Waals surface area contributed by atoms with Gasteiger partial charge in [0, 0.05) is 22.5 Å². The van der Waals surface area contributed by atoms with Gasteiger partial charge in [-0.3, -0.25) is 0 Å². The lowest BCUT2D eigenvalue weighted by Gasteiger charge is -2.23. The zero-order valence-electron chi connectivity index (χ0n) is 11.1. The standard InChI is InChI=1S/C12H19F3N2S/c1-8(2)16-6-5-11(3,4)9-7-17-10(18-9)12(13,14)15/h7-8,16H,5-6H2,1-4H3. The Morgan fingerprint density at radius 3 is 2.39 bits per heavy atom. The Kier molecular flexibility index (Phi) is 4.78. The SMILES string of the molecule is CC(C)NCCC(C)(C)c1cnc(C(F)(F)F)s1. The van der Waals surface area contributed by atoms with Crippen LogP contribution in [0.2, 0.25) is 0 Å². The van der Waals surface area contributed by atoms with Crippen LogP contribution in [0.3, 0.4) is 0 Å². The molecular formula is C12H19F3N2S. The third-order valence-corrected chi connectivity index (χ3v) is 4.13. The molecular weight excluding hydrogens is 261 g/mol. The summed E-state index contributed by atoms with van der Waals surface area (Å²) in [6.45, 7) is 8.76.